The number of ether oxygens (including phenoxy) is 3. The first-order valence-corrected chi connectivity index (χ1v) is 7.80. The fraction of sp³-hybridized carbons (Fsp3) is 0.368. The minimum atomic E-state index is 0.262. The lowest BCUT2D eigenvalue weighted by atomic mass is 10.2. The van der Waals surface area contributed by atoms with Gasteiger partial charge in [0.05, 0.1) is 20.3 Å². The summed E-state index contributed by atoms with van der Waals surface area (Å²) in [6.45, 7) is 5.22. The molecule has 0 aliphatic carbocycles. The van der Waals surface area contributed by atoms with E-state index in [4.69, 9.17) is 14.2 Å². The lowest BCUT2D eigenvalue weighted by molar-refractivity contribution is 0.264. The van der Waals surface area contributed by atoms with Crippen molar-refractivity contribution in [3.8, 4) is 23.0 Å². The van der Waals surface area contributed by atoms with E-state index in [2.05, 4.69) is 0 Å². The maximum atomic E-state index is 9.36. The van der Waals surface area contributed by atoms with E-state index in [1.165, 1.54) is 0 Å². The van der Waals surface area contributed by atoms with E-state index in [1.54, 1.807) is 25.3 Å². The lowest BCUT2D eigenvalue weighted by Crippen LogP contribution is -2.04. The smallest absolute Gasteiger partial charge is 0.122 e. The van der Waals surface area contributed by atoms with Gasteiger partial charge in [0.1, 0.15) is 23.0 Å². The molecule has 2 aromatic carbocycles. The predicted molar refractivity (Wildman–Crippen MR) is 90.8 cm³/mol. The van der Waals surface area contributed by atoms with Crippen LogP contribution in [0, 0.1) is 13.8 Å². The summed E-state index contributed by atoms with van der Waals surface area (Å²) in [5, 5.41) is 9.36. The van der Waals surface area contributed by atoms with Crippen LogP contribution >= 0.6 is 0 Å². The van der Waals surface area contributed by atoms with Crippen LogP contribution in [-0.4, -0.2) is 25.4 Å². The molecule has 0 fully saturated rings. The summed E-state index contributed by atoms with van der Waals surface area (Å²) in [6.07, 6.45) is 1.83. The number of aromatic hydroxyl groups is 1. The van der Waals surface area contributed by atoms with E-state index in [1.807, 2.05) is 32.0 Å². The van der Waals surface area contributed by atoms with Gasteiger partial charge in [-0.15, -0.1) is 0 Å². The molecule has 0 amide bonds. The van der Waals surface area contributed by atoms with Gasteiger partial charge < -0.3 is 19.3 Å². The number of phenols is 1. The van der Waals surface area contributed by atoms with Crippen LogP contribution in [0.15, 0.2) is 36.4 Å². The topological polar surface area (TPSA) is 47.9 Å². The van der Waals surface area contributed by atoms with Crippen LogP contribution in [0.25, 0.3) is 0 Å². The third-order valence-corrected chi connectivity index (χ3v) is 3.59. The van der Waals surface area contributed by atoms with Crippen LogP contribution in [0.3, 0.4) is 0 Å². The first kappa shape index (κ1) is 17.0. The maximum absolute atomic E-state index is 9.36. The zero-order valence-corrected chi connectivity index (χ0v) is 14.0. The maximum Gasteiger partial charge on any atom is 0.122 e. The van der Waals surface area contributed by atoms with E-state index in [-0.39, 0.29) is 5.75 Å². The molecule has 4 nitrogen and oxygen atoms in total. The molecule has 2 aromatic rings. The highest BCUT2D eigenvalue weighted by Crippen LogP contribution is 2.24. The molecule has 0 unspecified atom stereocenters. The minimum absolute atomic E-state index is 0.262. The summed E-state index contributed by atoms with van der Waals surface area (Å²) in [5.74, 6) is 2.81. The molecule has 0 aliphatic heterocycles. The van der Waals surface area contributed by atoms with Crippen molar-refractivity contribution in [2.75, 3.05) is 20.3 Å². The summed E-state index contributed by atoms with van der Waals surface area (Å²) < 4.78 is 16.7. The van der Waals surface area contributed by atoms with Crippen molar-refractivity contribution in [3.63, 3.8) is 0 Å². The van der Waals surface area contributed by atoms with Crippen molar-refractivity contribution in [3.05, 3.63) is 47.5 Å². The number of methoxy groups -OCH3 is 1. The third-order valence-electron chi connectivity index (χ3n) is 3.59. The van der Waals surface area contributed by atoms with Gasteiger partial charge in [0.15, 0.2) is 0 Å². The van der Waals surface area contributed by atoms with Gasteiger partial charge in [-0.2, -0.15) is 0 Å². The summed E-state index contributed by atoms with van der Waals surface area (Å²) in [5.41, 5.74) is 2.01. The molecule has 0 aliphatic rings. The Balaban J connectivity index is 1.68. The molecule has 0 atom stereocenters. The first-order valence-electron chi connectivity index (χ1n) is 7.80. The number of hydrogen-bond donors (Lipinski definition) is 1. The molecule has 0 bridgehead atoms. The van der Waals surface area contributed by atoms with Crippen LogP contribution < -0.4 is 14.2 Å². The predicted octanol–water partition coefficient (Wildman–Crippen LogP) is 4.26. The monoisotopic (exact) mass is 316 g/mol. The van der Waals surface area contributed by atoms with Gasteiger partial charge >= 0.3 is 0 Å². The summed E-state index contributed by atoms with van der Waals surface area (Å²) in [4.78, 5) is 0. The Labute approximate surface area is 137 Å². The fourth-order valence-corrected chi connectivity index (χ4v) is 2.27. The molecule has 0 aromatic heterocycles. The second-order valence-corrected chi connectivity index (χ2v) is 5.49. The van der Waals surface area contributed by atoms with Gasteiger partial charge in [-0.3, -0.25) is 0 Å². The minimum Gasteiger partial charge on any atom is -0.508 e. The average Bonchev–Trinajstić information content (AvgIpc) is 2.53. The van der Waals surface area contributed by atoms with Crippen molar-refractivity contribution in [2.45, 2.75) is 26.7 Å². The van der Waals surface area contributed by atoms with Crippen LogP contribution in [0.4, 0.5) is 0 Å². The number of aryl methyl sites for hydroxylation is 2. The third kappa shape index (κ3) is 5.09. The number of unbranched alkanes of at least 4 members (excludes halogenated alkanes) is 1. The standard InChI is InChI=1S/C19H24O4/c1-14-12-16(20)6-8-18(14)22-10-4-5-11-23-19-9-7-17(21-3)13-15(19)2/h6-9,12-13,20H,4-5,10-11H2,1-3H3. The zero-order valence-electron chi connectivity index (χ0n) is 14.0. The van der Waals surface area contributed by atoms with Crippen LogP contribution in [0.2, 0.25) is 0 Å². The SMILES string of the molecule is COc1ccc(OCCCCOc2ccc(O)cc2C)c(C)c1. The number of phenolic OH excluding ortho intramolecular Hbond substituents is 1. The zero-order chi connectivity index (χ0) is 16.7. The Hall–Kier alpha value is -2.36. The van der Waals surface area contributed by atoms with E-state index in [0.717, 1.165) is 41.2 Å². The van der Waals surface area contributed by atoms with Crippen molar-refractivity contribution in [1.29, 1.82) is 0 Å². The molecule has 0 saturated carbocycles. The van der Waals surface area contributed by atoms with Gasteiger partial charge in [0, 0.05) is 0 Å². The summed E-state index contributed by atoms with van der Waals surface area (Å²) in [7, 11) is 1.66. The molecule has 0 heterocycles. The molecule has 2 rings (SSSR count). The van der Waals surface area contributed by atoms with Crippen molar-refractivity contribution in [2.24, 2.45) is 0 Å². The molecule has 1 N–H and O–H groups in total. The van der Waals surface area contributed by atoms with Crippen LogP contribution in [0.1, 0.15) is 24.0 Å². The Bertz CT molecular complexity index is 637. The van der Waals surface area contributed by atoms with Gasteiger partial charge in [0.25, 0.3) is 0 Å². The van der Waals surface area contributed by atoms with E-state index in [9.17, 15) is 5.11 Å². The Kier molecular flexibility index (Phi) is 6.15. The Morgan fingerprint density at radius 2 is 1.39 bits per heavy atom. The number of benzene rings is 2. The highest BCUT2D eigenvalue weighted by Gasteiger charge is 2.03. The second kappa shape index (κ2) is 8.32. The van der Waals surface area contributed by atoms with Crippen LogP contribution in [-0.2, 0) is 0 Å². The van der Waals surface area contributed by atoms with Gasteiger partial charge in [0.2, 0.25) is 0 Å². The number of rotatable bonds is 8. The quantitative estimate of drug-likeness (QED) is 0.739. The van der Waals surface area contributed by atoms with Gasteiger partial charge in [-0.1, -0.05) is 0 Å². The molecule has 4 heteroatoms. The largest absolute Gasteiger partial charge is 0.508 e. The highest BCUT2D eigenvalue weighted by molar-refractivity contribution is 5.39. The van der Waals surface area contributed by atoms with E-state index < -0.39 is 0 Å². The van der Waals surface area contributed by atoms with Crippen molar-refractivity contribution in [1.82, 2.24) is 0 Å². The average molecular weight is 316 g/mol. The summed E-state index contributed by atoms with van der Waals surface area (Å²) in [6, 6.07) is 10.9. The Morgan fingerprint density at radius 3 is 1.91 bits per heavy atom. The van der Waals surface area contributed by atoms with Crippen molar-refractivity contribution >= 4 is 0 Å². The van der Waals surface area contributed by atoms with Crippen LogP contribution in [0.5, 0.6) is 23.0 Å². The summed E-state index contributed by atoms with van der Waals surface area (Å²) >= 11 is 0. The van der Waals surface area contributed by atoms with E-state index in [0.29, 0.717) is 13.2 Å². The van der Waals surface area contributed by atoms with Crippen molar-refractivity contribution < 1.29 is 19.3 Å². The molecule has 0 saturated heterocycles. The molecule has 23 heavy (non-hydrogen) atoms. The molecule has 124 valence electrons. The normalized spacial score (nSPS) is 10.4. The molecule has 0 radical (unpaired) electrons. The molecular weight excluding hydrogens is 292 g/mol. The van der Waals surface area contributed by atoms with Gasteiger partial charge in [-0.25, -0.2) is 0 Å². The Morgan fingerprint density at radius 1 is 0.826 bits per heavy atom. The van der Waals surface area contributed by atoms with Gasteiger partial charge in [-0.05, 0) is 74.2 Å². The second-order valence-electron chi connectivity index (χ2n) is 5.49. The highest BCUT2D eigenvalue weighted by atomic mass is 16.5. The molecular formula is C19H24O4. The first-order chi connectivity index (χ1) is 11.1. The van der Waals surface area contributed by atoms with E-state index >= 15 is 0 Å². The lowest BCUT2D eigenvalue weighted by Gasteiger charge is -2.11. The molecule has 0 spiro atoms. The fourth-order valence-electron chi connectivity index (χ4n) is 2.27. The number of hydrogen-bond acceptors (Lipinski definition) is 4.